The Kier molecular flexibility index (Phi) is 3.78. The zero-order valence-electron chi connectivity index (χ0n) is 10.9. The minimum Gasteiger partial charge on any atom is -0.461 e. The van der Waals surface area contributed by atoms with E-state index in [4.69, 9.17) is 9.26 Å². The van der Waals surface area contributed by atoms with Crippen molar-refractivity contribution in [3.8, 4) is 0 Å². The van der Waals surface area contributed by atoms with E-state index in [0.717, 1.165) is 6.20 Å². The number of hydrogen-bond acceptors (Lipinski definition) is 7. The molecule has 0 spiro atoms. The highest BCUT2D eigenvalue weighted by molar-refractivity contribution is 5.88. The molecule has 0 radical (unpaired) electrons. The molecular formula is C11H12N4O5. The van der Waals surface area contributed by atoms with Crippen molar-refractivity contribution in [2.75, 3.05) is 6.61 Å². The Bertz CT molecular complexity index is 645. The lowest BCUT2D eigenvalue weighted by molar-refractivity contribution is -0.385. The number of nitrogens with zero attached hydrogens (tertiary/aromatic N) is 4. The molecule has 2 rings (SSSR count). The summed E-state index contributed by atoms with van der Waals surface area (Å²) in [6, 6.07) is 0. The third kappa shape index (κ3) is 2.66. The van der Waals surface area contributed by atoms with Crippen LogP contribution in [0.25, 0.3) is 0 Å². The fourth-order valence-corrected chi connectivity index (χ4v) is 1.63. The number of carbonyl (C=O) groups excluding carboxylic acids is 1. The zero-order valence-corrected chi connectivity index (χ0v) is 10.9. The minimum atomic E-state index is -0.596. The molecule has 0 aliphatic heterocycles. The summed E-state index contributed by atoms with van der Waals surface area (Å²) >= 11 is 0. The van der Waals surface area contributed by atoms with Crippen molar-refractivity contribution in [1.82, 2.24) is 14.9 Å². The first-order chi connectivity index (χ1) is 9.52. The molecule has 0 aliphatic rings. The largest absolute Gasteiger partial charge is 0.461 e. The molecule has 0 saturated carbocycles. The third-order valence-corrected chi connectivity index (χ3v) is 2.60. The van der Waals surface area contributed by atoms with Crippen molar-refractivity contribution in [1.29, 1.82) is 0 Å². The lowest BCUT2D eigenvalue weighted by atomic mass is 10.2. The van der Waals surface area contributed by atoms with Gasteiger partial charge in [-0.3, -0.25) is 14.8 Å². The van der Waals surface area contributed by atoms with Crippen molar-refractivity contribution in [3.05, 3.63) is 39.5 Å². The van der Waals surface area contributed by atoms with Crippen LogP contribution in [0.2, 0.25) is 0 Å². The summed E-state index contributed by atoms with van der Waals surface area (Å²) in [5, 5.41) is 18.1. The fourth-order valence-electron chi connectivity index (χ4n) is 1.63. The first kappa shape index (κ1) is 13.7. The minimum absolute atomic E-state index is 0.0579. The van der Waals surface area contributed by atoms with Gasteiger partial charge in [-0.2, -0.15) is 5.10 Å². The lowest BCUT2D eigenvalue weighted by Gasteiger charge is -2.02. The van der Waals surface area contributed by atoms with Crippen LogP contribution >= 0.6 is 0 Å². The Morgan fingerprint density at radius 3 is 2.95 bits per heavy atom. The number of hydrogen-bond donors (Lipinski definition) is 0. The van der Waals surface area contributed by atoms with Crippen LogP contribution in [0, 0.1) is 17.0 Å². The number of nitro groups is 1. The molecule has 106 valence electrons. The summed E-state index contributed by atoms with van der Waals surface area (Å²) < 4.78 is 11.2. The van der Waals surface area contributed by atoms with Crippen molar-refractivity contribution in [2.24, 2.45) is 0 Å². The molecule has 2 aromatic heterocycles. The van der Waals surface area contributed by atoms with Crippen LogP contribution < -0.4 is 0 Å². The molecule has 0 saturated heterocycles. The van der Waals surface area contributed by atoms with Crippen LogP contribution in [0.3, 0.4) is 0 Å². The van der Waals surface area contributed by atoms with Gasteiger partial charge in [-0.05, 0) is 13.8 Å². The van der Waals surface area contributed by atoms with Crippen LogP contribution in [0.4, 0.5) is 5.69 Å². The van der Waals surface area contributed by atoms with Gasteiger partial charge in [-0.15, -0.1) is 0 Å². The first-order valence-electron chi connectivity index (χ1n) is 5.82. The molecule has 0 unspecified atom stereocenters. The second-order valence-corrected chi connectivity index (χ2v) is 3.94. The topological polar surface area (TPSA) is 113 Å². The first-order valence-corrected chi connectivity index (χ1v) is 5.82. The van der Waals surface area contributed by atoms with Crippen molar-refractivity contribution in [2.45, 2.75) is 20.4 Å². The number of rotatable bonds is 5. The van der Waals surface area contributed by atoms with Crippen LogP contribution in [0.5, 0.6) is 0 Å². The average Bonchev–Trinajstić information content (AvgIpc) is 2.99. The van der Waals surface area contributed by atoms with Crippen LogP contribution in [0.1, 0.15) is 28.7 Å². The molecule has 0 fully saturated rings. The fraction of sp³-hybridized carbons (Fsp3) is 0.364. The second kappa shape index (κ2) is 5.51. The molecule has 0 N–H and O–H groups in total. The van der Waals surface area contributed by atoms with Crippen LogP contribution in [-0.4, -0.2) is 32.4 Å². The average molecular weight is 280 g/mol. The summed E-state index contributed by atoms with van der Waals surface area (Å²) in [4.78, 5) is 21.7. The van der Waals surface area contributed by atoms with Gasteiger partial charge in [0.25, 0.3) is 0 Å². The van der Waals surface area contributed by atoms with Gasteiger partial charge in [-0.1, -0.05) is 5.16 Å². The summed E-state index contributed by atoms with van der Waals surface area (Å²) in [6.07, 6.45) is 2.40. The van der Waals surface area contributed by atoms with E-state index in [2.05, 4.69) is 10.3 Å². The van der Waals surface area contributed by atoms with Gasteiger partial charge in [-0.25, -0.2) is 4.79 Å². The summed E-state index contributed by atoms with van der Waals surface area (Å²) in [5.41, 5.74) is 0.417. The maximum Gasteiger partial charge on any atom is 0.360 e. The van der Waals surface area contributed by atoms with E-state index in [1.807, 2.05) is 0 Å². The zero-order chi connectivity index (χ0) is 14.7. The van der Waals surface area contributed by atoms with Gasteiger partial charge < -0.3 is 9.26 Å². The van der Waals surface area contributed by atoms with Gasteiger partial charge in [0.15, 0.2) is 5.69 Å². The van der Waals surface area contributed by atoms with E-state index in [-0.39, 0.29) is 24.5 Å². The molecule has 20 heavy (non-hydrogen) atoms. The molecule has 0 atom stereocenters. The highest BCUT2D eigenvalue weighted by Gasteiger charge is 2.22. The van der Waals surface area contributed by atoms with E-state index in [9.17, 15) is 14.9 Å². The Morgan fingerprint density at radius 1 is 1.60 bits per heavy atom. The van der Waals surface area contributed by atoms with Crippen LogP contribution in [0.15, 0.2) is 16.9 Å². The molecule has 9 nitrogen and oxygen atoms in total. The predicted molar refractivity (Wildman–Crippen MR) is 65.2 cm³/mol. The van der Waals surface area contributed by atoms with E-state index >= 15 is 0 Å². The molecule has 0 aliphatic carbocycles. The van der Waals surface area contributed by atoms with Crippen LogP contribution in [-0.2, 0) is 11.3 Å². The lowest BCUT2D eigenvalue weighted by Crippen LogP contribution is -2.11. The Labute approximate surface area is 113 Å². The molecule has 0 aromatic carbocycles. The molecule has 0 amide bonds. The monoisotopic (exact) mass is 280 g/mol. The van der Waals surface area contributed by atoms with E-state index in [0.29, 0.717) is 11.3 Å². The van der Waals surface area contributed by atoms with E-state index < -0.39 is 10.9 Å². The standard InChI is InChI=1S/C11H12N4O5/c1-3-19-11(16)10-9(7(2)20-13-10)6-14-5-8(4-12-14)15(17)18/h4-5H,3,6H2,1-2H3. The molecule has 2 aromatic rings. The normalized spacial score (nSPS) is 10.5. The molecule has 0 bridgehead atoms. The quantitative estimate of drug-likeness (QED) is 0.461. The molecule has 9 heteroatoms. The SMILES string of the molecule is CCOC(=O)c1noc(C)c1Cn1cc([N+](=O)[O-])cn1. The summed E-state index contributed by atoms with van der Waals surface area (Å²) in [7, 11) is 0. The number of ether oxygens (including phenoxy) is 1. The third-order valence-electron chi connectivity index (χ3n) is 2.60. The highest BCUT2D eigenvalue weighted by atomic mass is 16.6. The summed E-state index contributed by atoms with van der Waals surface area (Å²) in [6.45, 7) is 3.68. The Hall–Kier alpha value is -2.71. The maximum absolute atomic E-state index is 11.7. The van der Waals surface area contributed by atoms with Crippen molar-refractivity contribution >= 4 is 11.7 Å². The smallest absolute Gasteiger partial charge is 0.360 e. The Balaban J connectivity index is 2.26. The number of aromatic nitrogens is 3. The van der Waals surface area contributed by atoms with Crippen molar-refractivity contribution in [3.63, 3.8) is 0 Å². The van der Waals surface area contributed by atoms with Gasteiger partial charge in [0.05, 0.1) is 23.6 Å². The Morgan fingerprint density at radius 2 is 2.35 bits per heavy atom. The van der Waals surface area contributed by atoms with Crippen molar-refractivity contribution < 1.29 is 19.0 Å². The second-order valence-electron chi connectivity index (χ2n) is 3.94. The van der Waals surface area contributed by atoms with E-state index in [1.54, 1.807) is 13.8 Å². The summed E-state index contributed by atoms with van der Waals surface area (Å²) in [5.74, 6) is -0.160. The van der Waals surface area contributed by atoms with E-state index in [1.165, 1.54) is 10.9 Å². The van der Waals surface area contributed by atoms with Gasteiger partial charge in [0, 0.05) is 0 Å². The predicted octanol–water partition coefficient (Wildman–Crippen LogP) is 1.31. The maximum atomic E-state index is 11.7. The molecular weight excluding hydrogens is 268 g/mol. The number of carbonyl (C=O) groups is 1. The molecule has 2 heterocycles. The highest BCUT2D eigenvalue weighted by Crippen LogP contribution is 2.17. The van der Waals surface area contributed by atoms with Gasteiger partial charge in [0.1, 0.15) is 18.2 Å². The number of aryl methyl sites for hydroxylation is 1. The van der Waals surface area contributed by atoms with Gasteiger partial charge in [0.2, 0.25) is 0 Å². The number of esters is 1. The van der Waals surface area contributed by atoms with Gasteiger partial charge >= 0.3 is 11.7 Å².